The zero-order chi connectivity index (χ0) is 37.0. The average molecular weight is 679 g/mol. The molecule has 0 aliphatic carbocycles. The highest BCUT2D eigenvalue weighted by molar-refractivity contribution is 5.72. The first-order valence-corrected chi connectivity index (χ1v) is 16.6. The van der Waals surface area contributed by atoms with Crippen LogP contribution in [0.5, 0.6) is 0 Å². The molecular formula is C36H61F3N8O. The standard InChI is InChI=1S/C23H33N7O.C5H7F3.C4H9N.2C2H6/c1-4-5-7-20(25-2)8-6-9-21-19(17-30-22(21)23(24)26-18-27-30)16-29-12-10-28(11-13-29)14-15-31-3;1-3-4(2)5(6,7)8;1-3-4-5-2;2*1-2/h1,6-8,17-18,25H,5,9-16H2,2-3H3,(H2,24,26,27);3H,1-2H3;3-5H,1-2H3;2*1-2H3/b8-6-,20-7+;2*4-3+;;. The second kappa shape index (κ2) is 28.2. The van der Waals surface area contributed by atoms with E-state index in [9.17, 15) is 13.2 Å². The fourth-order valence-corrected chi connectivity index (χ4v) is 4.20. The van der Waals surface area contributed by atoms with Crippen molar-refractivity contribution in [3.8, 4) is 12.3 Å². The third-order valence-corrected chi connectivity index (χ3v) is 6.83. The molecule has 0 radical (unpaired) electrons. The number of hydrogen-bond donors (Lipinski definition) is 3. The molecule has 0 aromatic carbocycles. The Kier molecular flexibility index (Phi) is 27.3. The highest BCUT2D eigenvalue weighted by Gasteiger charge is 2.28. The number of ether oxygens (including phenoxy) is 1. The summed E-state index contributed by atoms with van der Waals surface area (Å²) in [7, 11) is 5.52. The van der Waals surface area contributed by atoms with Crippen LogP contribution in [0.4, 0.5) is 19.0 Å². The lowest BCUT2D eigenvalue weighted by atomic mass is 10.1. The third kappa shape index (κ3) is 18.5. The Morgan fingerprint density at radius 1 is 1.10 bits per heavy atom. The van der Waals surface area contributed by atoms with Crippen LogP contribution >= 0.6 is 0 Å². The van der Waals surface area contributed by atoms with Crippen LogP contribution in [0.15, 0.2) is 60.4 Å². The van der Waals surface area contributed by atoms with Crippen LogP contribution < -0.4 is 16.4 Å². The van der Waals surface area contributed by atoms with E-state index in [2.05, 4.69) is 54.8 Å². The van der Waals surface area contributed by atoms with Gasteiger partial charge in [-0.2, -0.15) is 18.3 Å². The van der Waals surface area contributed by atoms with E-state index in [1.807, 2.05) is 71.6 Å². The number of nitrogens with two attached hydrogens (primary N) is 1. The number of piperazine rings is 1. The van der Waals surface area contributed by atoms with E-state index in [0.29, 0.717) is 12.2 Å². The van der Waals surface area contributed by atoms with E-state index in [1.165, 1.54) is 24.4 Å². The molecule has 1 saturated heterocycles. The molecule has 48 heavy (non-hydrogen) atoms. The first-order chi connectivity index (χ1) is 23.1. The number of halogens is 3. The van der Waals surface area contributed by atoms with Crippen LogP contribution in [0.3, 0.4) is 0 Å². The Morgan fingerprint density at radius 3 is 2.19 bits per heavy atom. The molecule has 3 rings (SSSR count). The smallest absolute Gasteiger partial charge is 0.394 e. The van der Waals surface area contributed by atoms with Crippen LogP contribution in [0, 0.1) is 12.3 Å². The number of rotatable bonds is 11. The van der Waals surface area contributed by atoms with Gasteiger partial charge in [0, 0.05) is 84.4 Å². The van der Waals surface area contributed by atoms with Crippen molar-refractivity contribution in [2.45, 2.75) is 74.0 Å². The summed E-state index contributed by atoms with van der Waals surface area (Å²) in [5, 5.41) is 10.4. The summed E-state index contributed by atoms with van der Waals surface area (Å²) in [4.78, 5) is 9.15. The fraction of sp³-hybridized carbons (Fsp3) is 0.556. The molecule has 4 N–H and O–H groups in total. The van der Waals surface area contributed by atoms with Crippen LogP contribution in [0.2, 0.25) is 0 Å². The third-order valence-electron chi connectivity index (χ3n) is 6.83. The minimum absolute atomic E-state index is 0.505. The van der Waals surface area contributed by atoms with Crippen molar-refractivity contribution in [3.05, 3.63) is 71.5 Å². The van der Waals surface area contributed by atoms with Gasteiger partial charge in [-0.1, -0.05) is 45.9 Å². The Hall–Kier alpha value is -3.79. The van der Waals surface area contributed by atoms with E-state index < -0.39 is 11.7 Å². The van der Waals surface area contributed by atoms with Gasteiger partial charge in [0.05, 0.1) is 6.61 Å². The first kappa shape index (κ1) is 46.3. The molecule has 0 atom stereocenters. The van der Waals surface area contributed by atoms with Gasteiger partial charge in [0.15, 0.2) is 5.82 Å². The fourth-order valence-electron chi connectivity index (χ4n) is 4.20. The highest BCUT2D eigenvalue weighted by atomic mass is 19.4. The summed E-state index contributed by atoms with van der Waals surface area (Å²) < 4.78 is 41.2. The van der Waals surface area contributed by atoms with Crippen molar-refractivity contribution in [1.82, 2.24) is 35.0 Å². The molecule has 3 heterocycles. The highest BCUT2D eigenvalue weighted by Crippen LogP contribution is 2.25. The van der Waals surface area contributed by atoms with Gasteiger partial charge in [0.2, 0.25) is 0 Å². The van der Waals surface area contributed by atoms with Crippen molar-refractivity contribution >= 4 is 11.3 Å². The van der Waals surface area contributed by atoms with Crippen molar-refractivity contribution in [3.63, 3.8) is 0 Å². The lowest BCUT2D eigenvalue weighted by Crippen LogP contribution is -2.46. The van der Waals surface area contributed by atoms with Crippen molar-refractivity contribution < 1.29 is 17.9 Å². The molecule has 2 aromatic heterocycles. The molecule has 9 nitrogen and oxygen atoms in total. The van der Waals surface area contributed by atoms with Crippen molar-refractivity contribution in [2.75, 3.05) is 66.3 Å². The molecule has 272 valence electrons. The summed E-state index contributed by atoms with van der Waals surface area (Å²) in [6.07, 6.45) is 17.2. The van der Waals surface area contributed by atoms with Crippen molar-refractivity contribution in [2.24, 2.45) is 0 Å². The van der Waals surface area contributed by atoms with E-state index in [1.54, 1.807) is 7.11 Å². The Bertz CT molecular complexity index is 1270. The molecule has 1 aliphatic heterocycles. The van der Waals surface area contributed by atoms with Crippen molar-refractivity contribution in [1.29, 1.82) is 0 Å². The van der Waals surface area contributed by atoms with Gasteiger partial charge in [-0.25, -0.2) is 9.50 Å². The Labute approximate surface area is 288 Å². The van der Waals surface area contributed by atoms with Gasteiger partial charge in [0.25, 0.3) is 0 Å². The number of nitrogens with one attached hydrogen (secondary N) is 2. The molecule has 0 unspecified atom stereocenters. The molecule has 0 saturated carbocycles. The number of terminal acetylenes is 1. The molecule has 0 spiro atoms. The number of nitrogens with zero attached hydrogens (tertiary/aromatic N) is 5. The van der Waals surface area contributed by atoms with Gasteiger partial charge >= 0.3 is 6.18 Å². The lowest BCUT2D eigenvalue weighted by molar-refractivity contribution is -0.0914. The lowest BCUT2D eigenvalue weighted by Gasteiger charge is -2.34. The van der Waals surface area contributed by atoms with Gasteiger partial charge < -0.3 is 21.1 Å². The van der Waals surface area contributed by atoms with Gasteiger partial charge in [0.1, 0.15) is 11.8 Å². The Balaban J connectivity index is 0. The SMILES string of the molecule is C#CC/C=C(\C=C/Cc1c(CN2CCN(CCOC)CC2)cn2ncnc(N)c12)NC.C/C=C(\C)C(F)(F)F.C/C=C/NC.CC.CC. The minimum Gasteiger partial charge on any atom is -0.394 e. The average Bonchev–Trinajstić information content (AvgIpc) is 3.45. The zero-order valence-electron chi connectivity index (χ0n) is 30.9. The maximum atomic E-state index is 11.4. The molecule has 2 aromatic rings. The summed E-state index contributed by atoms with van der Waals surface area (Å²) in [5.41, 5.74) is 9.97. The monoisotopic (exact) mass is 678 g/mol. The summed E-state index contributed by atoms with van der Waals surface area (Å²) in [5.74, 6) is 3.14. The van der Waals surface area contributed by atoms with E-state index >= 15 is 0 Å². The second-order valence-electron chi connectivity index (χ2n) is 9.86. The van der Waals surface area contributed by atoms with Crippen LogP contribution in [0.25, 0.3) is 5.52 Å². The topological polar surface area (TPSA) is 96.0 Å². The molecular weight excluding hydrogens is 617 g/mol. The number of alkyl halides is 3. The zero-order valence-corrected chi connectivity index (χ0v) is 30.9. The summed E-state index contributed by atoms with van der Waals surface area (Å²) >= 11 is 0. The number of anilines is 1. The van der Waals surface area contributed by atoms with Crippen LogP contribution in [-0.2, 0) is 17.7 Å². The van der Waals surface area contributed by atoms with Crippen LogP contribution in [0.1, 0.15) is 66.0 Å². The largest absolute Gasteiger partial charge is 0.412 e. The maximum absolute atomic E-state index is 11.4. The predicted molar refractivity (Wildman–Crippen MR) is 196 cm³/mol. The maximum Gasteiger partial charge on any atom is 0.412 e. The molecule has 0 bridgehead atoms. The molecule has 1 aliphatic rings. The number of nitrogen functional groups attached to an aromatic ring is 1. The molecule has 1 fully saturated rings. The number of aromatic nitrogens is 3. The minimum atomic E-state index is -4.13. The number of hydrogen-bond acceptors (Lipinski definition) is 8. The number of likely N-dealkylation sites (N-methyl/N-ethyl adjacent to an activating group) is 1. The normalized spacial score (nSPS) is 14.1. The molecule has 0 amide bonds. The first-order valence-electron chi connectivity index (χ1n) is 16.6. The van der Waals surface area contributed by atoms with E-state index in [-0.39, 0.29) is 0 Å². The van der Waals surface area contributed by atoms with Gasteiger partial charge in [-0.15, -0.1) is 12.3 Å². The second-order valence-corrected chi connectivity index (χ2v) is 9.86. The summed E-state index contributed by atoms with van der Waals surface area (Å²) in [6, 6.07) is 0. The van der Waals surface area contributed by atoms with E-state index in [4.69, 9.17) is 16.9 Å². The van der Waals surface area contributed by atoms with Gasteiger partial charge in [-0.05, 0) is 56.7 Å². The molecule has 12 heteroatoms. The van der Waals surface area contributed by atoms with Crippen LogP contribution in [-0.4, -0.2) is 91.1 Å². The quantitative estimate of drug-likeness (QED) is 0.139. The predicted octanol–water partition coefficient (Wildman–Crippen LogP) is 6.61. The number of fused-ring (bicyclic) bond motifs is 1. The van der Waals surface area contributed by atoms with Gasteiger partial charge in [-0.3, -0.25) is 9.80 Å². The number of methoxy groups -OCH3 is 1. The Morgan fingerprint density at radius 2 is 1.73 bits per heavy atom. The number of allylic oxidation sites excluding steroid dienone is 6. The summed E-state index contributed by atoms with van der Waals surface area (Å²) in [6.45, 7) is 19.2. The van der Waals surface area contributed by atoms with E-state index in [0.717, 1.165) is 76.5 Å².